The molecule has 0 aliphatic rings. The van der Waals surface area contributed by atoms with E-state index < -0.39 is 0 Å². The van der Waals surface area contributed by atoms with Crippen LogP contribution in [0, 0.1) is 12.7 Å². The molecule has 0 saturated carbocycles. The lowest BCUT2D eigenvalue weighted by Crippen LogP contribution is -2.28. The van der Waals surface area contributed by atoms with Crippen LogP contribution >= 0.6 is 0 Å². The van der Waals surface area contributed by atoms with Gasteiger partial charge in [-0.05, 0) is 61.9 Å². The van der Waals surface area contributed by atoms with Crippen LogP contribution in [0.3, 0.4) is 0 Å². The standard InChI is InChI=1S/C26H25FN4O5/c1-4-28-23(32)14-35-21-10-5-16(11-22(21)34-3)13-29-25(33)19-12-20(17-6-8-18(27)9-7-17)30-26-24(19)15(2)31-36-26/h5-12H,4,13-14H2,1-3H3,(H,28,32)(H,29,33). The SMILES string of the molecule is CCNC(=O)COc1ccc(CNC(=O)c2cc(-c3ccc(F)cc3)nc3onc(C)c23)cc1OC. The molecule has 2 N–H and O–H groups in total. The van der Waals surface area contributed by atoms with E-state index in [1.54, 1.807) is 43.3 Å². The Balaban J connectivity index is 1.54. The molecule has 36 heavy (non-hydrogen) atoms. The topological polar surface area (TPSA) is 116 Å². The van der Waals surface area contributed by atoms with Crippen molar-refractivity contribution in [3.05, 3.63) is 71.2 Å². The lowest BCUT2D eigenvalue weighted by molar-refractivity contribution is -0.123. The monoisotopic (exact) mass is 492 g/mol. The molecule has 2 aromatic carbocycles. The highest BCUT2D eigenvalue weighted by Gasteiger charge is 2.19. The second-order valence-corrected chi connectivity index (χ2v) is 7.92. The van der Waals surface area contributed by atoms with Gasteiger partial charge < -0.3 is 24.6 Å². The van der Waals surface area contributed by atoms with Crippen LogP contribution in [0.5, 0.6) is 11.5 Å². The van der Waals surface area contributed by atoms with Crippen LogP contribution in [0.15, 0.2) is 53.1 Å². The summed E-state index contributed by atoms with van der Waals surface area (Å²) in [7, 11) is 1.50. The van der Waals surface area contributed by atoms with Gasteiger partial charge in [-0.3, -0.25) is 9.59 Å². The van der Waals surface area contributed by atoms with Crippen molar-refractivity contribution >= 4 is 22.9 Å². The third-order valence-corrected chi connectivity index (χ3v) is 5.42. The van der Waals surface area contributed by atoms with Crippen LogP contribution in [0.1, 0.15) is 28.5 Å². The molecule has 186 valence electrons. The first kappa shape index (κ1) is 24.6. The molecule has 0 unspecified atom stereocenters. The van der Waals surface area contributed by atoms with Gasteiger partial charge in [-0.15, -0.1) is 0 Å². The van der Waals surface area contributed by atoms with E-state index >= 15 is 0 Å². The molecule has 10 heteroatoms. The van der Waals surface area contributed by atoms with Gasteiger partial charge in [-0.1, -0.05) is 11.2 Å². The first-order chi connectivity index (χ1) is 17.4. The van der Waals surface area contributed by atoms with Gasteiger partial charge in [-0.25, -0.2) is 9.37 Å². The number of benzene rings is 2. The molecule has 4 rings (SSSR count). The molecular weight excluding hydrogens is 467 g/mol. The minimum atomic E-state index is -0.371. The van der Waals surface area contributed by atoms with Crippen LogP contribution < -0.4 is 20.1 Å². The summed E-state index contributed by atoms with van der Waals surface area (Å²) in [5, 5.41) is 10.0. The number of methoxy groups -OCH3 is 1. The van der Waals surface area contributed by atoms with Crippen LogP contribution in [0.25, 0.3) is 22.4 Å². The van der Waals surface area contributed by atoms with E-state index in [0.29, 0.717) is 45.9 Å². The minimum Gasteiger partial charge on any atom is -0.493 e. The molecule has 0 spiro atoms. The zero-order valence-corrected chi connectivity index (χ0v) is 20.1. The number of hydrogen-bond donors (Lipinski definition) is 2. The van der Waals surface area contributed by atoms with E-state index in [-0.39, 0.29) is 36.5 Å². The second-order valence-electron chi connectivity index (χ2n) is 7.92. The van der Waals surface area contributed by atoms with Crippen molar-refractivity contribution in [2.24, 2.45) is 0 Å². The highest BCUT2D eigenvalue weighted by molar-refractivity contribution is 6.07. The summed E-state index contributed by atoms with van der Waals surface area (Å²) in [6.45, 7) is 4.14. The summed E-state index contributed by atoms with van der Waals surface area (Å²) in [4.78, 5) is 29.3. The Labute approximate surface area is 206 Å². The van der Waals surface area contributed by atoms with E-state index in [2.05, 4.69) is 20.8 Å². The maximum atomic E-state index is 13.4. The normalized spacial score (nSPS) is 10.8. The molecule has 9 nitrogen and oxygen atoms in total. The average Bonchev–Trinajstić information content (AvgIpc) is 3.26. The number of fused-ring (bicyclic) bond motifs is 1. The third kappa shape index (κ3) is 5.43. The lowest BCUT2D eigenvalue weighted by atomic mass is 10.0. The van der Waals surface area contributed by atoms with Crippen molar-refractivity contribution in [2.75, 3.05) is 20.3 Å². The zero-order chi connectivity index (χ0) is 25.7. The predicted octanol–water partition coefficient (Wildman–Crippen LogP) is 3.79. The Kier molecular flexibility index (Phi) is 7.43. The van der Waals surface area contributed by atoms with E-state index in [0.717, 1.165) is 5.56 Å². The number of halogens is 1. The number of rotatable bonds is 9. The fourth-order valence-corrected chi connectivity index (χ4v) is 3.65. The summed E-state index contributed by atoms with van der Waals surface area (Å²) < 4.78 is 29.6. The Morgan fingerprint density at radius 2 is 1.83 bits per heavy atom. The smallest absolute Gasteiger partial charge is 0.259 e. The molecule has 0 radical (unpaired) electrons. The minimum absolute atomic E-state index is 0.132. The highest BCUT2D eigenvalue weighted by atomic mass is 19.1. The molecule has 0 fully saturated rings. The lowest BCUT2D eigenvalue weighted by Gasteiger charge is -2.13. The van der Waals surface area contributed by atoms with Gasteiger partial charge in [0.05, 0.1) is 29.4 Å². The number of pyridine rings is 1. The molecule has 0 aliphatic heterocycles. The van der Waals surface area contributed by atoms with Crippen molar-refractivity contribution in [3.8, 4) is 22.8 Å². The predicted molar refractivity (Wildman–Crippen MR) is 130 cm³/mol. The van der Waals surface area contributed by atoms with E-state index in [1.165, 1.54) is 19.2 Å². The number of hydrogen-bond acceptors (Lipinski definition) is 7. The van der Waals surface area contributed by atoms with Crippen molar-refractivity contribution in [2.45, 2.75) is 20.4 Å². The van der Waals surface area contributed by atoms with Crippen LogP contribution in [0.4, 0.5) is 4.39 Å². The Morgan fingerprint density at radius 1 is 1.06 bits per heavy atom. The van der Waals surface area contributed by atoms with Crippen LogP contribution in [-0.4, -0.2) is 42.2 Å². The molecule has 4 aromatic rings. The molecule has 2 heterocycles. The molecular formula is C26H25FN4O5. The summed E-state index contributed by atoms with van der Waals surface area (Å²) in [5.74, 6) is -0.106. The van der Waals surface area contributed by atoms with Crippen molar-refractivity contribution in [3.63, 3.8) is 0 Å². The highest BCUT2D eigenvalue weighted by Crippen LogP contribution is 2.29. The number of amides is 2. The van der Waals surface area contributed by atoms with Gasteiger partial charge in [0.1, 0.15) is 5.82 Å². The Morgan fingerprint density at radius 3 is 2.56 bits per heavy atom. The second kappa shape index (κ2) is 10.9. The number of carbonyl (C=O) groups excluding carboxylic acids is 2. The van der Waals surface area contributed by atoms with Crippen molar-refractivity contribution < 1.29 is 28.0 Å². The Hall–Kier alpha value is -4.47. The summed E-state index contributed by atoms with van der Waals surface area (Å²) >= 11 is 0. The number of nitrogens with one attached hydrogen (secondary N) is 2. The number of aromatic nitrogens is 2. The summed E-state index contributed by atoms with van der Waals surface area (Å²) in [6, 6.07) is 12.6. The van der Waals surface area contributed by atoms with Crippen LogP contribution in [0.2, 0.25) is 0 Å². The van der Waals surface area contributed by atoms with Gasteiger partial charge in [0, 0.05) is 18.7 Å². The molecule has 0 bridgehead atoms. The van der Waals surface area contributed by atoms with E-state index in [1.807, 2.05) is 6.92 Å². The molecule has 0 aliphatic carbocycles. The van der Waals surface area contributed by atoms with Gasteiger partial charge in [0.25, 0.3) is 17.5 Å². The van der Waals surface area contributed by atoms with Crippen LogP contribution in [-0.2, 0) is 11.3 Å². The number of nitrogens with zero attached hydrogens (tertiary/aromatic N) is 2. The number of aryl methyl sites for hydroxylation is 1. The number of ether oxygens (including phenoxy) is 2. The van der Waals surface area contributed by atoms with Gasteiger partial charge in [-0.2, -0.15) is 0 Å². The maximum Gasteiger partial charge on any atom is 0.259 e. The first-order valence-electron chi connectivity index (χ1n) is 11.3. The quantitative estimate of drug-likeness (QED) is 0.365. The molecule has 2 amide bonds. The van der Waals surface area contributed by atoms with Crippen molar-refractivity contribution in [1.82, 2.24) is 20.8 Å². The summed E-state index contributed by atoms with van der Waals surface area (Å²) in [6.07, 6.45) is 0. The number of likely N-dealkylation sites (N-methyl/N-ethyl adjacent to an activating group) is 1. The van der Waals surface area contributed by atoms with E-state index in [9.17, 15) is 14.0 Å². The Bertz CT molecular complexity index is 1400. The van der Waals surface area contributed by atoms with Gasteiger partial charge in [0.2, 0.25) is 0 Å². The molecule has 0 saturated heterocycles. The number of carbonyl (C=O) groups is 2. The van der Waals surface area contributed by atoms with Crippen molar-refractivity contribution in [1.29, 1.82) is 0 Å². The van der Waals surface area contributed by atoms with E-state index in [4.69, 9.17) is 14.0 Å². The van der Waals surface area contributed by atoms with Gasteiger partial charge in [0.15, 0.2) is 18.1 Å². The molecule has 2 aromatic heterocycles. The maximum absolute atomic E-state index is 13.4. The van der Waals surface area contributed by atoms with Gasteiger partial charge >= 0.3 is 0 Å². The summed E-state index contributed by atoms with van der Waals surface area (Å²) in [5.41, 5.74) is 2.94. The fourth-order valence-electron chi connectivity index (χ4n) is 3.65. The molecule has 0 atom stereocenters. The average molecular weight is 493 g/mol. The zero-order valence-electron chi connectivity index (χ0n) is 20.1. The first-order valence-corrected chi connectivity index (χ1v) is 11.3. The largest absolute Gasteiger partial charge is 0.493 e. The fraction of sp³-hybridized carbons (Fsp3) is 0.231. The third-order valence-electron chi connectivity index (χ3n) is 5.42.